The van der Waals surface area contributed by atoms with Gasteiger partial charge < -0.3 is 4.74 Å². The molecule has 0 fully saturated rings. The van der Waals surface area contributed by atoms with Gasteiger partial charge in [-0.25, -0.2) is 4.98 Å². The summed E-state index contributed by atoms with van der Waals surface area (Å²) >= 11 is 0. The summed E-state index contributed by atoms with van der Waals surface area (Å²) in [6.45, 7) is 0. The Morgan fingerprint density at radius 3 is 2.00 bits per heavy atom. The molecular weight excluding hydrogens is 248 g/mol. The van der Waals surface area contributed by atoms with E-state index >= 15 is 0 Å². The molecule has 0 N–H and O–H groups in total. The van der Waals surface area contributed by atoms with E-state index in [9.17, 15) is 0 Å². The first-order chi connectivity index (χ1) is 9.88. The van der Waals surface area contributed by atoms with Crippen LogP contribution in [0.4, 0.5) is 0 Å². The average Bonchev–Trinajstić information content (AvgIpc) is 2.56. The van der Waals surface area contributed by atoms with Gasteiger partial charge in [0.15, 0.2) is 0 Å². The zero-order valence-corrected chi connectivity index (χ0v) is 11.2. The largest absolute Gasteiger partial charge is 0.467 e. The Kier molecular flexibility index (Phi) is 3.42. The maximum atomic E-state index is 5.14. The number of methoxy groups -OCH3 is 1. The third-order valence-electron chi connectivity index (χ3n) is 3.08. The lowest BCUT2D eigenvalue weighted by atomic mass is 10.0. The van der Waals surface area contributed by atoms with Crippen LogP contribution in [0.1, 0.15) is 0 Å². The summed E-state index contributed by atoms with van der Waals surface area (Å²) < 4.78 is 5.14. The predicted octanol–water partition coefficient (Wildman–Crippen LogP) is 3.82. The maximum absolute atomic E-state index is 5.14. The van der Waals surface area contributed by atoms with E-state index in [1.807, 2.05) is 54.7 Å². The van der Waals surface area contributed by atoms with Crippen molar-refractivity contribution in [1.29, 1.82) is 0 Å². The van der Waals surface area contributed by atoms with Crippen molar-refractivity contribution >= 4 is 0 Å². The normalized spacial score (nSPS) is 10.2. The minimum Gasteiger partial charge on any atom is -0.467 e. The number of ether oxygens (including phenoxy) is 1. The molecule has 3 rings (SSSR count). The minimum absolute atomic E-state index is 0.378. The summed E-state index contributed by atoms with van der Waals surface area (Å²) in [5, 5.41) is 0. The summed E-state index contributed by atoms with van der Waals surface area (Å²) in [5.74, 6) is 0. The third kappa shape index (κ3) is 2.38. The number of hydrogen-bond donors (Lipinski definition) is 0. The van der Waals surface area contributed by atoms with Crippen LogP contribution < -0.4 is 4.74 Å². The van der Waals surface area contributed by atoms with Gasteiger partial charge in [-0.1, -0.05) is 60.7 Å². The molecule has 0 amide bonds. The molecule has 20 heavy (non-hydrogen) atoms. The van der Waals surface area contributed by atoms with Crippen molar-refractivity contribution in [3.8, 4) is 28.4 Å². The van der Waals surface area contributed by atoms with Gasteiger partial charge in [0.05, 0.1) is 12.8 Å². The molecule has 3 aromatic rings. The molecule has 3 heteroatoms. The topological polar surface area (TPSA) is 35.0 Å². The van der Waals surface area contributed by atoms with Gasteiger partial charge in [0.25, 0.3) is 0 Å². The highest BCUT2D eigenvalue weighted by molar-refractivity contribution is 5.80. The van der Waals surface area contributed by atoms with E-state index in [1.54, 1.807) is 7.11 Å². The molecule has 0 saturated carbocycles. The van der Waals surface area contributed by atoms with Crippen LogP contribution in [0.2, 0.25) is 0 Å². The first-order valence-corrected chi connectivity index (χ1v) is 6.40. The van der Waals surface area contributed by atoms with Crippen LogP contribution in [0, 0.1) is 0 Å². The van der Waals surface area contributed by atoms with Gasteiger partial charge in [0.1, 0.15) is 0 Å². The molecule has 1 aromatic heterocycles. The smallest absolute Gasteiger partial charge is 0.316 e. The van der Waals surface area contributed by atoms with Gasteiger partial charge in [-0.3, -0.25) is 0 Å². The number of benzene rings is 2. The molecule has 2 aromatic carbocycles. The first kappa shape index (κ1) is 12.4. The standard InChI is InChI=1S/C17H14N2O/c1-20-17-18-12-15(13-8-4-2-5-9-13)16(19-17)14-10-6-3-7-11-14/h2-12H,1H3. The van der Waals surface area contributed by atoms with Crippen LogP contribution >= 0.6 is 0 Å². The molecule has 0 aliphatic rings. The Morgan fingerprint density at radius 2 is 1.40 bits per heavy atom. The first-order valence-electron chi connectivity index (χ1n) is 6.40. The Labute approximate surface area is 117 Å². The molecule has 0 saturated heterocycles. The highest BCUT2D eigenvalue weighted by atomic mass is 16.5. The van der Waals surface area contributed by atoms with Gasteiger partial charge in [0, 0.05) is 17.3 Å². The predicted molar refractivity (Wildman–Crippen MR) is 79.5 cm³/mol. The number of aromatic nitrogens is 2. The molecule has 98 valence electrons. The zero-order chi connectivity index (χ0) is 13.8. The minimum atomic E-state index is 0.378. The number of rotatable bonds is 3. The van der Waals surface area contributed by atoms with Gasteiger partial charge in [-0.05, 0) is 5.56 Å². The molecule has 0 atom stereocenters. The van der Waals surface area contributed by atoms with Crippen molar-refractivity contribution in [2.75, 3.05) is 7.11 Å². The maximum Gasteiger partial charge on any atom is 0.316 e. The Morgan fingerprint density at radius 1 is 0.800 bits per heavy atom. The molecule has 3 nitrogen and oxygen atoms in total. The van der Waals surface area contributed by atoms with Crippen molar-refractivity contribution in [3.63, 3.8) is 0 Å². The van der Waals surface area contributed by atoms with Gasteiger partial charge in [0.2, 0.25) is 0 Å². The monoisotopic (exact) mass is 262 g/mol. The van der Waals surface area contributed by atoms with Crippen LogP contribution in [0.15, 0.2) is 66.9 Å². The quantitative estimate of drug-likeness (QED) is 0.719. The fraction of sp³-hybridized carbons (Fsp3) is 0.0588. The van der Waals surface area contributed by atoms with Crippen LogP contribution in [-0.2, 0) is 0 Å². The second kappa shape index (κ2) is 5.53. The third-order valence-corrected chi connectivity index (χ3v) is 3.08. The van der Waals surface area contributed by atoms with E-state index in [1.165, 1.54) is 0 Å². The zero-order valence-electron chi connectivity index (χ0n) is 11.2. The molecule has 0 aliphatic heterocycles. The van der Waals surface area contributed by atoms with Crippen LogP contribution in [0.3, 0.4) is 0 Å². The Hall–Kier alpha value is -2.68. The molecule has 0 aliphatic carbocycles. The highest BCUT2D eigenvalue weighted by Gasteiger charge is 2.11. The lowest BCUT2D eigenvalue weighted by molar-refractivity contribution is 0.380. The van der Waals surface area contributed by atoms with Crippen molar-refractivity contribution in [2.45, 2.75) is 0 Å². The second-order valence-electron chi connectivity index (χ2n) is 4.35. The lowest BCUT2D eigenvalue weighted by Gasteiger charge is -2.10. The lowest BCUT2D eigenvalue weighted by Crippen LogP contribution is -1.96. The van der Waals surface area contributed by atoms with Gasteiger partial charge >= 0.3 is 6.01 Å². The molecular formula is C17H14N2O. The highest BCUT2D eigenvalue weighted by Crippen LogP contribution is 2.30. The van der Waals surface area contributed by atoms with Gasteiger partial charge in [-0.15, -0.1) is 0 Å². The average molecular weight is 262 g/mol. The number of nitrogens with zero attached hydrogens (tertiary/aromatic N) is 2. The summed E-state index contributed by atoms with van der Waals surface area (Å²) in [4.78, 5) is 8.73. The molecule has 0 bridgehead atoms. The van der Waals surface area contributed by atoms with Crippen molar-refractivity contribution in [3.05, 3.63) is 66.9 Å². The van der Waals surface area contributed by atoms with Crippen molar-refractivity contribution in [2.24, 2.45) is 0 Å². The van der Waals surface area contributed by atoms with E-state index in [-0.39, 0.29) is 0 Å². The Balaban J connectivity index is 2.20. The summed E-state index contributed by atoms with van der Waals surface area (Å²) in [7, 11) is 1.58. The van der Waals surface area contributed by atoms with E-state index in [4.69, 9.17) is 4.74 Å². The SMILES string of the molecule is COc1ncc(-c2ccccc2)c(-c2ccccc2)n1. The summed E-state index contributed by atoms with van der Waals surface area (Å²) in [5.41, 5.74) is 4.02. The molecule has 0 spiro atoms. The van der Waals surface area contributed by atoms with Crippen LogP contribution in [0.5, 0.6) is 6.01 Å². The van der Waals surface area contributed by atoms with Gasteiger partial charge in [-0.2, -0.15) is 4.98 Å². The van der Waals surface area contributed by atoms with Crippen LogP contribution in [-0.4, -0.2) is 17.1 Å². The number of hydrogen-bond acceptors (Lipinski definition) is 3. The Bertz CT molecular complexity index is 697. The molecule has 0 unspecified atom stereocenters. The van der Waals surface area contributed by atoms with Crippen molar-refractivity contribution < 1.29 is 4.74 Å². The second-order valence-corrected chi connectivity index (χ2v) is 4.35. The van der Waals surface area contributed by atoms with E-state index < -0.39 is 0 Å². The van der Waals surface area contributed by atoms with E-state index in [0.717, 1.165) is 22.4 Å². The fourth-order valence-corrected chi connectivity index (χ4v) is 2.11. The molecule has 1 heterocycles. The fourth-order valence-electron chi connectivity index (χ4n) is 2.11. The summed E-state index contributed by atoms with van der Waals surface area (Å²) in [6, 6.07) is 20.6. The van der Waals surface area contributed by atoms with E-state index in [2.05, 4.69) is 22.1 Å². The van der Waals surface area contributed by atoms with Crippen LogP contribution in [0.25, 0.3) is 22.4 Å². The molecule has 0 radical (unpaired) electrons. The van der Waals surface area contributed by atoms with E-state index in [0.29, 0.717) is 6.01 Å². The summed E-state index contributed by atoms with van der Waals surface area (Å²) in [6.07, 6.45) is 1.81. The van der Waals surface area contributed by atoms with Crippen molar-refractivity contribution in [1.82, 2.24) is 9.97 Å².